The maximum atomic E-state index is 14.7. The third-order valence-corrected chi connectivity index (χ3v) is 6.51. The maximum absolute atomic E-state index is 14.7. The molecule has 13 nitrogen and oxygen atoms in total. The molecule has 5 rings (SSSR count). The number of aromatic nitrogens is 6. The van der Waals surface area contributed by atoms with E-state index in [2.05, 4.69) is 35.2 Å². The Hall–Kier alpha value is -4.76. The van der Waals surface area contributed by atoms with Gasteiger partial charge in [-0.3, -0.25) is 5.32 Å². The first-order chi connectivity index (χ1) is 19.8. The number of aryl methyl sites for hydroxylation is 1. The van der Waals surface area contributed by atoms with Gasteiger partial charge in [-0.2, -0.15) is 4.98 Å². The summed E-state index contributed by atoms with van der Waals surface area (Å²) in [6.07, 6.45) is 2.93. The molecule has 1 amide bonds. The number of halogens is 1. The van der Waals surface area contributed by atoms with Crippen LogP contribution in [0.3, 0.4) is 0 Å². The Bertz CT molecular complexity index is 1700. The lowest BCUT2D eigenvalue weighted by Gasteiger charge is -2.10. The van der Waals surface area contributed by atoms with Crippen LogP contribution in [0.1, 0.15) is 12.5 Å². The largest absolute Gasteiger partial charge is 0.480 e. The number of nitrogens with zero attached hydrogens (tertiary/aromatic N) is 6. The number of rotatable bonds is 10. The number of carbonyl (C=O) groups excluding carboxylic acids is 1. The summed E-state index contributed by atoms with van der Waals surface area (Å²) in [5.41, 5.74) is 3.61. The van der Waals surface area contributed by atoms with Gasteiger partial charge < -0.3 is 24.1 Å². The topological polar surface area (TPSA) is 164 Å². The number of aliphatic hydroxyl groups is 1. The Morgan fingerprint density at radius 2 is 1.88 bits per heavy atom. The first-order valence-corrected chi connectivity index (χ1v) is 13.1. The Labute approximate surface area is 236 Å². The highest BCUT2D eigenvalue weighted by molar-refractivity contribution is 7.21. The second kappa shape index (κ2) is 12.2. The molecule has 0 aliphatic heterocycles. The van der Waals surface area contributed by atoms with E-state index in [9.17, 15) is 9.18 Å². The summed E-state index contributed by atoms with van der Waals surface area (Å²) in [6.45, 7) is 3.09. The smallest absolute Gasteiger partial charge is 0.411 e. The third kappa shape index (κ3) is 6.53. The normalized spacial score (nSPS) is 11.8. The summed E-state index contributed by atoms with van der Waals surface area (Å²) in [5.74, 6) is -0.544. The quantitative estimate of drug-likeness (QED) is 0.229. The molecule has 1 atom stereocenters. The molecule has 0 aliphatic rings. The number of aliphatic hydroxyl groups excluding tert-OH is 1. The van der Waals surface area contributed by atoms with E-state index in [4.69, 9.17) is 24.1 Å². The van der Waals surface area contributed by atoms with Crippen LogP contribution in [0.15, 0.2) is 36.8 Å². The van der Waals surface area contributed by atoms with Gasteiger partial charge in [-0.15, -0.1) is 0 Å². The fourth-order valence-corrected chi connectivity index (χ4v) is 4.57. The van der Waals surface area contributed by atoms with Crippen LogP contribution in [0.5, 0.6) is 17.8 Å². The summed E-state index contributed by atoms with van der Waals surface area (Å²) in [7, 11) is 1.52. The van der Waals surface area contributed by atoms with Crippen LogP contribution >= 0.6 is 11.3 Å². The van der Waals surface area contributed by atoms with Crippen molar-refractivity contribution in [1.29, 1.82) is 0 Å². The van der Waals surface area contributed by atoms with Crippen LogP contribution in [-0.2, 0) is 4.74 Å². The number of hydrogen-bond donors (Lipinski definition) is 2. The first kappa shape index (κ1) is 27.8. The molecule has 0 saturated heterocycles. The Kier molecular flexibility index (Phi) is 8.26. The average Bonchev–Trinajstić information content (AvgIpc) is 3.37. The van der Waals surface area contributed by atoms with Crippen molar-refractivity contribution in [3.63, 3.8) is 0 Å². The number of anilines is 1. The number of pyridine rings is 1. The van der Waals surface area contributed by atoms with Gasteiger partial charge in [0.05, 0.1) is 49.0 Å². The van der Waals surface area contributed by atoms with E-state index < -0.39 is 18.0 Å². The molecule has 41 heavy (non-hydrogen) atoms. The minimum absolute atomic E-state index is 0.0556. The van der Waals surface area contributed by atoms with Gasteiger partial charge in [0.15, 0.2) is 5.82 Å². The van der Waals surface area contributed by atoms with Gasteiger partial charge in [-0.05, 0) is 31.5 Å². The lowest BCUT2D eigenvalue weighted by Crippen LogP contribution is -2.19. The fourth-order valence-electron chi connectivity index (χ4n) is 3.64. The van der Waals surface area contributed by atoms with Gasteiger partial charge >= 0.3 is 12.1 Å². The third-order valence-electron chi connectivity index (χ3n) is 5.51. The zero-order valence-electron chi connectivity index (χ0n) is 22.1. The summed E-state index contributed by atoms with van der Waals surface area (Å²) in [6, 6.07) is 5.13. The van der Waals surface area contributed by atoms with Crippen LogP contribution in [0, 0.1) is 12.7 Å². The zero-order valence-corrected chi connectivity index (χ0v) is 22.9. The summed E-state index contributed by atoms with van der Waals surface area (Å²) in [5, 5.41) is 12.1. The number of thiazole rings is 1. The number of hydrogen-bond acceptors (Lipinski definition) is 13. The number of benzene rings is 1. The number of amides is 1. The van der Waals surface area contributed by atoms with Crippen molar-refractivity contribution < 1.29 is 33.2 Å². The van der Waals surface area contributed by atoms with Gasteiger partial charge in [0.1, 0.15) is 34.7 Å². The molecule has 4 heterocycles. The lowest BCUT2D eigenvalue weighted by molar-refractivity contribution is 0.120. The summed E-state index contributed by atoms with van der Waals surface area (Å²) in [4.78, 5) is 38.1. The highest BCUT2D eigenvalue weighted by Gasteiger charge is 2.17. The SMILES string of the molecule is COc1cnc2c(-c3nc4cc(F)c(OCCOC(=O)Nc5cnc(O[C@H](C)CO)nc5)nc4s3)cc(C)cc2n1. The number of fused-ring (bicyclic) bond motifs is 2. The van der Waals surface area contributed by atoms with Crippen LogP contribution in [0.4, 0.5) is 14.9 Å². The summed E-state index contributed by atoms with van der Waals surface area (Å²) >= 11 is 1.26. The highest BCUT2D eigenvalue weighted by atomic mass is 32.1. The number of nitrogens with one attached hydrogen (secondary N) is 1. The van der Waals surface area contributed by atoms with E-state index in [1.54, 1.807) is 6.92 Å². The molecule has 0 saturated carbocycles. The van der Waals surface area contributed by atoms with Crippen LogP contribution in [-0.4, -0.2) is 74.1 Å². The van der Waals surface area contributed by atoms with Crippen LogP contribution < -0.4 is 19.5 Å². The number of carbonyl (C=O) groups is 1. The van der Waals surface area contributed by atoms with Crippen molar-refractivity contribution in [2.24, 2.45) is 0 Å². The molecule has 0 radical (unpaired) electrons. The van der Waals surface area contributed by atoms with Gasteiger partial charge in [-0.25, -0.2) is 34.1 Å². The van der Waals surface area contributed by atoms with Crippen LogP contribution in [0.2, 0.25) is 0 Å². The molecule has 0 fully saturated rings. The number of methoxy groups -OCH3 is 1. The first-order valence-electron chi connectivity index (χ1n) is 12.3. The van der Waals surface area contributed by atoms with Gasteiger partial charge in [-0.1, -0.05) is 11.3 Å². The van der Waals surface area contributed by atoms with E-state index in [1.165, 1.54) is 43.1 Å². The maximum Gasteiger partial charge on any atom is 0.411 e. The van der Waals surface area contributed by atoms with Crippen molar-refractivity contribution >= 4 is 44.5 Å². The highest BCUT2D eigenvalue weighted by Crippen LogP contribution is 2.35. The molecule has 0 aliphatic carbocycles. The minimum Gasteiger partial charge on any atom is -0.480 e. The van der Waals surface area contributed by atoms with Gasteiger partial charge in [0, 0.05) is 11.6 Å². The molecular formula is C26H24FN7O6S. The van der Waals surface area contributed by atoms with Gasteiger partial charge in [0.25, 0.3) is 5.88 Å². The Balaban J connectivity index is 1.21. The molecule has 212 valence electrons. The van der Waals surface area contributed by atoms with Crippen molar-refractivity contribution in [3.8, 4) is 28.3 Å². The molecule has 5 aromatic rings. The molecule has 2 N–H and O–H groups in total. The van der Waals surface area contributed by atoms with Crippen molar-refractivity contribution in [2.45, 2.75) is 20.0 Å². The molecule has 15 heteroatoms. The van der Waals surface area contributed by atoms with E-state index in [0.29, 0.717) is 32.3 Å². The summed E-state index contributed by atoms with van der Waals surface area (Å²) < 4.78 is 35.6. The average molecular weight is 582 g/mol. The van der Waals surface area contributed by atoms with Crippen molar-refractivity contribution in [3.05, 3.63) is 48.2 Å². The molecule has 0 unspecified atom stereocenters. The second-order valence-electron chi connectivity index (χ2n) is 8.69. The van der Waals surface area contributed by atoms with E-state index in [1.807, 2.05) is 19.1 Å². The van der Waals surface area contributed by atoms with Crippen LogP contribution in [0.25, 0.3) is 32.0 Å². The van der Waals surface area contributed by atoms with Crippen molar-refractivity contribution in [2.75, 3.05) is 32.2 Å². The van der Waals surface area contributed by atoms with E-state index in [-0.39, 0.29) is 37.4 Å². The molecule has 0 bridgehead atoms. The predicted molar refractivity (Wildman–Crippen MR) is 147 cm³/mol. The molecular weight excluding hydrogens is 557 g/mol. The monoisotopic (exact) mass is 581 g/mol. The zero-order chi connectivity index (χ0) is 28.9. The van der Waals surface area contributed by atoms with E-state index >= 15 is 0 Å². The predicted octanol–water partition coefficient (Wildman–Crippen LogP) is 3.93. The lowest BCUT2D eigenvalue weighted by atomic mass is 10.1. The molecule has 4 aromatic heterocycles. The standard InChI is InChI=1S/C26H24FN7O6S/c1-13-6-16(21-18(7-13)32-20(37-3)11-28-21)23-33-19-8-17(27)22(34-24(19)41-23)38-4-5-39-26(36)31-15-9-29-25(30-10-15)40-14(2)12-35/h6-11,14,35H,4-5,12H2,1-3H3,(H,31,36)/t14-/m1/s1. The minimum atomic E-state index is -0.781. The molecule has 0 spiro atoms. The number of ether oxygens (including phenoxy) is 4. The Morgan fingerprint density at radius 1 is 1.07 bits per heavy atom. The second-order valence-corrected chi connectivity index (χ2v) is 9.66. The van der Waals surface area contributed by atoms with Gasteiger partial charge in [0.2, 0.25) is 5.88 Å². The van der Waals surface area contributed by atoms with Crippen molar-refractivity contribution in [1.82, 2.24) is 29.9 Å². The molecule has 1 aromatic carbocycles. The Morgan fingerprint density at radius 3 is 2.63 bits per heavy atom. The van der Waals surface area contributed by atoms with E-state index in [0.717, 1.165) is 11.1 Å². The fraction of sp³-hybridized carbons (Fsp3) is 0.269.